The summed E-state index contributed by atoms with van der Waals surface area (Å²) in [4.78, 5) is 23.1. The molecule has 1 aromatic carbocycles. The van der Waals surface area contributed by atoms with Gasteiger partial charge in [0.1, 0.15) is 0 Å². The molecule has 1 fully saturated rings. The molecule has 2 heterocycles. The van der Waals surface area contributed by atoms with E-state index < -0.39 is 0 Å². The molecule has 0 spiro atoms. The maximum atomic E-state index is 12.2. The highest BCUT2D eigenvalue weighted by atomic mass is 16.5. The number of nitrogens with zero attached hydrogens (tertiary/aromatic N) is 3. The summed E-state index contributed by atoms with van der Waals surface area (Å²) >= 11 is 0. The van der Waals surface area contributed by atoms with E-state index in [-0.39, 0.29) is 5.91 Å². The Morgan fingerprint density at radius 2 is 1.74 bits per heavy atom. The molecule has 0 unspecified atom stereocenters. The maximum absolute atomic E-state index is 12.2. The lowest BCUT2D eigenvalue weighted by Crippen LogP contribution is -2.41. The first-order chi connectivity index (χ1) is 13.0. The third-order valence-electron chi connectivity index (χ3n) is 4.65. The Labute approximate surface area is 160 Å². The monoisotopic (exact) mass is 369 g/mol. The summed E-state index contributed by atoms with van der Waals surface area (Å²) in [5.74, 6) is 0.326. The minimum atomic E-state index is -0.155. The maximum Gasteiger partial charge on any atom is 0.254 e. The lowest BCUT2D eigenvalue weighted by Gasteiger charge is -2.26. The highest BCUT2D eigenvalue weighted by Crippen LogP contribution is 2.24. The first-order valence-electron chi connectivity index (χ1n) is 9.28. The predicted molar refractivity (Wildman–Crippen MR) is 106 cm³/mol. The zero-order chi connectivity index (χ0) is 19.2. The largest absolute Gasteiger partial charge is 0.379 e. The smallest absolute Gasteiger partial charge is 0.254 e. The number of morpholine rings is 1. The van der Waals surface area contributed by atoms with Crippen LogP contribution in [0.25, 0.3) is 0 Å². The average Bonchev–Trinajstić information content (AvgIpc) is 2.66. The van der Waals surface area contributed by atoms with Gasteiger partial charge < -0.3 is 15.4 Å². The molecule has 1 aromatic heterocycles. The molecular formula is C20H27N5O2. The van der Waals surface area contributed by atoms with Gasteiger partial charge in [0.2, 0.25) is 5.95 Å². The number of rotatable bonds is 6. The number of ether oxygens (including phenoxy) is 1. The molecule has 1 amide bonds. The molecule has 2 aromatic rings. The molecule has 0 atom stereocenters. The summed E-state index contributed by atoms with van der Waals surface area (Å²) in [6, 6.07) is 4.23. The first kappa shape index (κ1) is 19.3. The van der Waals surface area contributed by atoms with E-state index >= 15 is 0 Å². The van der Waals surface area contributed by atoms with Crippen LogP contribution >= 0.6 is 0 Å². The number of benzene rings is 1. The third-order valence-corrected chi connectivity index (χ3v) is 4.65. The van der Waals surface area contributed by atoms with Crippen LogP contribution in [0.4, 0.5) is 11.6 Å². The fraction of sp³-hybridized carbons (Fsp3) is 0.450. The van der Waals surface area contributed by atoms with Crippen LogP contribution < -0.4 is 10.6 Å². The molecule has 0 saturated carbocycles. The molecule has 1 saturated heterocycles. The molecule has 7 nitrogen and oxygen atoms in total. The zero-order valence-corrected chi connectivity index (χ0v) is 16.2. The summed E-state index contributed by atoms with van der Waals surface area (Å²) in [7, 11) is 0. The van der Waals surface area contributed by atoms with E-state index in [4.69, 9.17) is 4.74 Å². The Morgan fingerprint density at radius 3 is 2.37 bits per heavy atom. The Morgan fingerprint density at radius 1 is 1.11 bits per heavy atom. The topological polar surface area (TPSA) is 79.4 Å². The van der Waals surface area contributed by atoms with E-state index in [0.717, 1.165) is 49.7 Å². The van der Waals surface area contributed by atoms with Gasteiger partial charge in [-0.05, 0) is 31.9 Å². The Bertz CT molecular complexity index is 762. The molecule has 1 aliphatic rings. The van der Waals surface area contributed by atoms with Crippen LogP contribution in [0.3, 0.4) is 0 Å². The van der Waals surface area contributed by atoms with Gasteiger partial charge in [0.05, 0.1) is 18.8 Å². The number of amides is 1. The Hall–Kier alpha value is -2.51. The number of aryl methyl sites for hydroxylation is 3. The minimum absolute atomic E-state index is 0.155. The number of carbonyl (C=O) groups is 1. The van der Waals surface area contributed by atoms with Crippen LogP contribution in [0.5, 0.6) is 0 Å². The molecule has 0 aliphatic carbocycles. The van der Waals surface area contributed by atoms with Crippen LogP contribution in [0.2, 0.25) is 0 Å². The number of hydrogen-bond acceptors (Lipinski definition) is 6. The predicted octanol–water partition coefficient (Wildman–Crippen LogP) is 2.21. The van der Waals surface area contributed by atoms with Gasteiger partial charge in [-0.2, -0.15) is 0 Å². The van der Waals surface area contributed by atoms with Gasteiger partial charge in [-0.3, -0.25) is 9.69 Å². The van der Waals surface area contributed by atoms with Crippen LogP contribution in [0.1, 0.15) is 27.0 Å². The molecule has 0 bridgehead atoms. The van der Waals surface area contributed by atoms with Gasteiger partial charge in [-0.25, -0.2) is 9.97 Å². The van der Waals surface area contributed by atoms with Crippen LogP contribution in [-0.2, 0) is 4.74 Å². The van der Waals surface area contributed by atoms with E-state index in [1.807, 2.05) is 0 Å². The van der Waals surface area contributed by atoms with Gasteiger partial charge in [0, 0.05) is 44.3 Å². The fourth-order valence-corrected chi connectivity index (χ4v) is 3.25. The Kier molecular flexibility index (Phi) is 6.36. The standard InChI is InChI=1S/C20H27N5O2/c1-14-10-15(2)18(16(3)11-14)24-20-22-12-17(13-23-20)19(26)21-4-5-25-6-8-27-9-7-25/h10-13H,4-9H2,1-3H3,(H,21,26)(H,22,23,24). The number of hydrogen-bond donors (Lipinski definition) is 2. The van der Waals surface area contributed by atoms with Crippen molar-refractivity contribution in [1.82, 2.24) is 20.2 Å². The van der Waals surface area contributed by atoms with E-state index in [1.54, 1.807) is 12.4 Å². The van der Waals surface area contributed by atoms with Crippen molar-refractivity contribution in [3.8, 4) is 0 Å². The van der Waals surface area contributed by atoms with E-state index in [0.29, 0.717) is 18.1 Å². The zero-order valence-electron chi connectivity index (χ0n) is 16.2. The Balaban J connectivity index is 1.54. The van der Waals surface area contributed by atoms with E-state index in [1.165, 1.54) is 5.56 Å². The second-order valence-electron chi connectivity index (χ2n) is 6.90. The third kappa shape index (κ3) is 5.24. The summed E-state index contributed by atoms with van der Waals surface area (Å²) in [5.41, 5.74) is 4.96. The number of carbonyl (C=O) groups excluding carboxylic acids is 1. The molecule has 27 heavy (non-hydrogen) atoms. The number of nitrogens with one attached hydrogen (secondary N) is 2. The van der Waals surface area contributed by atoms with Crippen molar-refractivity contribution in [2.45, 2.75) is 20.8 Å². The normalized spacial score (nSPS) is 14.8. The van der Waals surface area contributed by atoms with Gasteiger partial charge in [0.25, 0.3) is 5.91 Å². The number of aromatic nitrogens is 2. The highest BCUT2D eigenvalue weighted by molar-refractivity contribution is 5.93. The molecule has 144 valence electrons. The fourth-order valence-electron chi connectivity index (χ4n) is 3.25. The summed E-state index contributed by atoms with van der Waals surface area (Å²) in [6.07, 6.45) is 3.11. The second kappa shape index (κ2) is 8.92. The van der Waals surface area contributed by atoms with Crippen molar-refractivity contribution < 1.29 is 9.53 Å². The van der Waals surface area contributed by atoms with Crippen molar-refractivity contribution in [1.29, 1.82) is 0 Å². The van der Waals surface area contributed by atoms with E-state index in [2.05, 4.69) is 58.4 Å². The average molecular weight is 369 g/mol. The molecule has 3 rings (SSSR count). The van der Waals surface area contributed by atoms with Crippen LogP contribution in [0.15, 0.2) is 24.5 Å². The van der Waals surface area contributed by atoms with Crippen molar-refractivity contribution in [3.63, 3.8) is 0 Å². The lowest BCUT2D eigenvalue weighted by atomic mass is 10.1. The van der Waals surface area contributed by atoms with Crippen molar-refractivity contribution in [3.05, 3.63) is 46.8 Å². The number of anilines is 2. The lowest BCUT2D eigenvalue weighted by molar-refractivity contribution is 0.0383. The second-order valence-corrected chi connectivity index (χ2v) is 6.90. The van der Waals surface area contributed by atoms with E-state index in [9.17, 15) is 4.79 Å². The first-order valence-corrected chi connectivity index (χ1v) is 9.28. The van der Waals surface area contributed by atoms with Gasteiger partial charge >= 0.3 is 0 Å². The molecule has 1 aliphatic heterocycles. The highest BCUT2D eigenvalue weighted by Gasteiger charge is 2.12. The van der Waals surface area contributed by atoms with Gasteiger partial charge in [-0.1, -0.05) is 17.7 Å². The summed E-state index contributed by atoms with van der Waals surface area (Å²) in [6.45, 7) is 11.0. The SMILES string of the molecule is Cc1cc(C)c(Nc2ncc(C(=O)NCCN3CCOCC3)cn2)c(C)c1. The van der Waals surface area contributed by atoms with Crippen LogP contribution in [-0.4, -0.2) is 60.2 Å². The van der Waals surface area contributed by atoms with Gasteiger partial charge in [0.15, 0.2) is 0 Å². The van der Waals surface area contributed by atoms with Gasteiger partial charge in [-0.15, -0.1) is 0 Å². The summed E-state index contributed by atoms with van der Waals surface area (Å²) < 4.78 is 5.32. The van der Waals surface area contributed by atoms with Crippen molar-refractivity contribution in [2.75, 3.05) is 44.7 Å². The molecule has 7 heteroatoms. The molecule has 2 N–H and O–H groups in total. The van der Waals surface area contributed by atoms with Crippen LogP contribution in [0, 0.1) is 20.8 Å². The molecule has 0 radical (unpaired) electrons. The van der Waals surface area contributed by atoms with Crippen molar-refractivity contribution in [2.24, 2.45) is 0 Å². The quantitative estimate of drug-likeness (QED) is 0.813. The summed E-state index contributed by atoms with van der Waals surface area (Å²) in [5, 5.41) is 6.17. The van der Waals surface area contributed by atoms with Crippen molar-refractivity contribution >= 4 is 17.5 Å². The molecular weight excluding hydrogens is 342 g/mol. The minimum Gasteiger partial charge on any atom is -0.379 e.